The fourth-order valence-corrected chi connectivity index (χ4v) is 4.09. The van der Waals surface area contributed by atoms with Crippen molar-refractivity contribution >= 4 is 39.3 Å². The first-order valence-electron chi connectivity index (χ1n) is 10.0. The Balaban J connectivity index is 1.61. The van der Waals surface area contributed by atoms with Crippen LogP contribution >= 0.6 is 0 Å². The molecule has 8 heteroatoms. The Morgan fingerprint density at radius 2 is 1.94 bits per heavy atom. The Morgan fingerprint density at radius 3 is 2.72 bits per heavy atom. The molecule has 3 aromatic heterocycles. The van der Waals surface area contributed by atoms with Gasteiger partial charge in [-0.05, 0) is 42.5 Å². The van der Waals surface area contributed by atoms with Crippen LogP contribution in [0.1, 0.15) is 10.4 Å². The summed E-state index contributed by atoms with van der Waals surface area (Å²) in [6, 6.07) is 17.3. The van der Waals surface area contributed by atoms with Gasteiger partial charge in [0.25, 0.3) is 0 Å². The van der Waals surface area contributed by atoms with Crippen LogP contribution in [0.4, 0.5) is 11.4 Å². The lowest BCUT2D eigenvalue weighted by atomic mass is 10.1. The van der Waals surface area contributed by atoms with E-state index in [1.165, 1.54) is 12.3 Å². The summed E-state index contributed by atoms with van der Waals surface area (Å²) >= 11 is 0. The number of H-pyrrole nitrogens is 1. The highest BCUT2D eigenvalue weighted by atomic mass is 16.5. The van der Waals surface area contributed by atoms with Crippen LogP contribution in [-0.4, -0.2) is 45.0 Å². The van der Waals surface area contributed by atoms with Crippen LogP contribution in [-0.2, 0) is 7.05 Å². The third-order valence-electron chi connectivity index (χ3n) is 5.66. The monoisotopic (exact) mass is 427 g/mol. The maximum absolute atomic E-state index is 11.6. The van der Waals surface area contributed by atoms with Gasteiger partial charge >= 0.3 is 5.97 Å². The van der Waals surface area contributed by atoms with Crippen molar-refractivity contribution in [1.29, 1.82) is 0 Å². The second kappa shape index (κ2) is 7.42. The lowest BCUT2D eigenvalue weighted by Crippen LogP contribution is -2.10. The van der Waals surface area contributed by atoms with Crippen molar-refractivity contribution in [2.45, 2.75) is 0 Å². The summed E-state index contributed by atoms with van der Waals surface area (Å²) in [7, 11) is 5.52. The number of carboxylic acids is 1. The average molecular weight is 427 g/mol. The predicted octanol–water partition coefficient (Wildman–Crippen LogP) is 4.59. The number of methoxy groups -OCH3 is 1. The van der Waals surface area contributed by atoms with Crippen LogP contribution in [0.2, 0.25) is 0 Å². The van der Waals surface area contributed by atoms with E-state index in [-0.39, 0.29) is 5.56 Å². The summed E-state index contributed by atoms with van der Waals surface area (Å²) in [4.78, 5) is 21.2. The van der Waals surface area contributed by atoms with Gasteiger partial charge in [-0.2, -0.15) is 5.10 Å². The number of anilines is 2. The standard InChI is InChI=1S/C24H21N5O3/c1-28(20-6-4-5-7-21(20)32-3)14-8-9-15-17(12-14)27-29(2)23(15)19-13-18-22(26-19)16(24(30)31)10-11-25-18/h4-13,26H,1-3H3,(H,30,31). The van der Waals surface area contributed by atoms with E-state index in [0.29, 0.717) is 11.0 Å². The van der Waals surface area contributed by atoms with Crippen molar-refractivity contribution in [2.75, 3.05) is 19.1 Å². The number of fused-ring (bicyclic) bond motifs is 2. The van der Waals surface area contributed by atoms with E-state index in [0.717, 1.165) is 39.4 Å². The normalized spacial score (nSPS) is 11.2. The third-order valence-corrected chi connectivity index (χ3v) is 5.66. The van der Waals surface area contributed by atoms with Gasteiger partial charge in [0.2, 0.25) is 0 Å². The molecule has 5 rings (SSSR count). The molecule has 2 N–H and O–H groups in total. The molecule has 32 heavy (non-hydrogen) atoms. The molecule has 3 heterocycles. The number of ether oxygens (including phenoxy) is 1. The molecule has 0 aliphatic rings. The van der Waals surface area contributed by atoms with Crippen LogP contribution < -0.4 is 9.64 Å². The molecule has 0 amide bonds. The fourth-order valence-electron chi connectivity index (χ4n) is 4.09. The fraction of sp³-hybridized carbons (Fsp3) is 0.125. The van der Waals surface area contributed by atoms with Gasteiger partial charge in [-0.3, -0.25) is 9.67 Å². The molecule has 0 radical (unpaired) electrons. The van der Waals surface area contributed by atoms with Crippen molar-refractivity contribution in [3.8, 4) is 17.1 Å². The number of hydrogen-bond acceptors (Lipinski definition) is 5. The maximum atomic E-state index is 11.6. The number of aryl methyl sites for hydroxylation is 1. The van der Waals surface area contributed by atoms with Crippen molar-refractivity contribution in [2.24, 2.45) is 7.05 Å². The SMILES string of the molecule is COc1ccccc1N(C)c1ccc2c(-c3cc4nccc(C(=O)O)c4[nH]3)n(C)nc2c1. The lowest BCUT2D eigenvalue weighted by molar-refractivity contribution is 0.0698. The average Bonchev–Trinajstić information content (AvgIpc) is 3.37. The molecule has 0 saturated heterocycles. The summed E-state index contributed by atoms with van der Waals surface area (Å²) in [6.45, 7) is 0. The molecule has 0 aliphatic carbocycles. The number of aromatic nitrogens is 4. The largest absolute Gasteiger partial charge is 0.495 e. The van der Waals surface area contributed by atoms with E-state index in [4.69, 9.17) is 9.84 Å². The van der Waals surface area contributed by atoms with Crippen molar-refractivity contribution in [3.05, 3.63) is 66.4 Å². The van der Waals surface area contributed by atoms with E-state index in [2.05, 4.69) is 14.9 Å². The second-order valence-corrected chi connectivity index (χ2v) is 7.51. The minimum Gasteiger partial charge on any atom is -0.495 e. The number of nitrogens with zero attached hydrogens (tertiary/aromatic N) is 4. The van der Waals surface area contributed by atoms with Crippen LogP contribution in [0.3, 0.4) is 0 Å². The number of benzene rings is 2. The van der Waals surface area contributed by atoms with Crippen molar-refractivity contribution in [1.82, 2.24) is 19.7 Å². The molecule has 0 spiro atoms. The number of aromatic carboxylic acids is 1. The van der Waals surface area contributed by atoms with E-state index >= 15 is 0 Å². The second-order valence-electron chi connectivity index (χ2n) is 7.51. The molecular formula is C24H21N5O3. The minimum atomic E-state index is -0.996. The number of para-hydroxylation sites is 2. The molecule has 160 valence electrons. The van der Waals surface area contributed by atoms with Crippen LogP contribution in [0.5, 0.6) is 5.75 Å². The highest BCUT2D eigenvalue weighted by molar-refractivity contribution is 6.03. The Kier molecular flexibility index (Phi) is 4.55. The van der Waals surface area contributed by atoms with E-state index in [1.807, 2.05) is 62.6 Å². The number of rotatable bonds is 5. The molecule has 0 atom stereocenters. The number of carbonyl (C=O) groups is 1. The quantitative estimate of drug-likeness (QED) is 0.426. The maximum Gasteiger partial charge on any atom is 0.337 e. The van der Waals surface area contributed by atoms with Gasteiger partial charge in [0.05, 0.1) is 46.3 Å². The zero-order chi connectivity index (χ0) is 22.4. The van der Waals surface area contributed by atoms with Gasteiger partial charge in [-0.1, -0.05) is 12.1 Å². The zero-order valence-corrected chi connectivity index (χ0v) is 17.8. The highest BCUT2D eigenvalue weighted by Gasteiger charge is 2.18. The minimum absolute atomic E-state index is 0.188. The van der Waals surface area contributed by atoms with Crippen molar-refractivity contribution < 1.29 is 14.6 Å². The number of aromatic amines is 1. The first-order chi connectivity index (χ1) is 15.5. The number of pyridine rings is 1. The van der Waals surface area contributed by atoms with Crippen LogP contribution in [0, 0.1) is 0 Å². The molecule has 0 unspecified atom stereocenters. The summed E-state index contributed by atoms with van der Waals surface area (Å²) in [5.74, 6) is -0.207. The Labute approximate surface area is 183 Å². The summed E-state index contributed by atoms with van der Waals surface area (Å²) in [5, 5.41) is 15.1. The molecule has 8 nitrogen and oxygen atoms in total. The smallest absolute Gasteiger partial charge is 0.337 e. The van der Waals surface area contributed by atoms with Gasteiger partial charge in [-0.25, -0.2) is 4.79 Å². The van der Waals surface area contributed by atoms with Gasteiger partial charge in [0, 0.05) is 31.4 Å². The molecule has 0 bridgehead atoms. The Bertz CT molecular complexity index is 1480. The van der Waals surface area contributed by atoms with Gasteiger partial charge in [0.15, 0.2) is 0 Å². The van der Waals surface area contributed by atoms with Gasteiger partial charge in [-0.15, -0.1) is 0 Å². The number of nitrogens with one attached hydrogen (secondary N) is 1. The van der Waals surface area contributed by atoms with E-state index in [1.54, 1.807) is 11.8 Å². The number of carboxylic acid groups (broad SMARTS) is 1. The molecule has 0 aliphatic heterocycles. The molecule has 0 fully saturated rings. The molecule has 2 aromatic carbocycles. The summed E-state index contributed by atoms with van der Waals surface area (Å²) in [5.41, 5.74) is 5.66. The molecular weight excluding hydrogens is 406 g/mol. The first-order valence-corrected chi connectivity index (χ1v) is 10.0. The third kappa shape index (κ3) is 3.04. The highest BCUT2D eigenvalue weighted by Crippen LogP contribution is 2.36. The lowest BCUT2D eigenvalue weighted by Gasteiger charge is -2.21. The molecule has 0 saturated carbocycles. The Morgan fingerprint density at radius 1 is 1.12 bits per heavy atom. The van der Waals surface area contributed by atoms with Gasteiger partial charge < -0.3 is 19.7 Å². The molecule has 5 aromatic rings. The predicted molar refractivity (Wildman–Crippen MR) is 124 cm³/mol. The summed E-state index contributed by atoms with van der Waals surface area (Å²) < 4.78 is 7.29. The van der Waals surface area contributed by atoms with Crippen LogP contribution in [0.15, 0.2) is 60.8 Å². The zero-order valence-electron chi connectivity index (χ0n) is 17.8. The van der Waals surface area contributed by atoms with E-state index in [9.17, 15) is 9.90 Å². The summed E-state index contributed by atoms with van der Waals surface area (Å²) in [6.07, 6.45) is 1.50. The van der Waals surface area contributed by atoms with Crippen molar-refractivity contribution in [3.63, 3.8) is 0 Å². The first kappa shape index (κ1) is 19.6. The topological polar surface area (TPSA) is 96.3 Å². The van der Waals surface area contributed by atoms with E-state index < -0.39 is 5.97 Å². The van der Waals surface area contributed by atoms with Gasteiger partial charge in [0.1, 0.15) is 5.75 Å². The number of hydrogen-bond donors (Lipinski definition) is 2. The van der Waals surface area contributed by atoms with Crippen LogP contribution in [0.25, 0.3) is 33.3 Å². The Hall–Kier alpha value is -4.33.